The fourth-order valence-corrected chi connectivity index (χ4v) is 4.63. The van der Waals surface area contributed by atoms with Gasteiger partial charge in [0, 0.05) is 36.8 Å². The average molecular weight is 446 g/mol. The zero-order chi connectivity index (χ0) is 23.1. The van der Waals surface area contributed by atoms with Gasteiger partial charge in [0.2, 0.25) is 0 Å². The van der Waals surface area contributed by atoms with Crippen LogP contribution in [0.1, 0.15) is 63.2 Å². The van der Waals surface area contributed by atoms with Gasteiger partial charge in [0.25, 0.3) is 11.8 Å². The summed E-state index contributed by atoms with van der Waals surface area (Å²) in [5, 5.41) is 2.81. The third kappa shape index (κ3) is 6.14. The second kappa shape index (κ2) is 11.2. The molecule has 176 valence electrons. The number of ether oxygens (including phenoxy) is 2. The van der Waals surface area contributed by atoms with E-state index in [2.05, 4.69) is 19.2 Å². The molecule has 0 radical (unpaired) electrons. The SMILES string of the molecule is CCOC(=O)NC1CCCN(C(=O)c2ccc(OCC(=O)N3C(C)CCCC3C)cc2)C1. The molecule has 0 bridgehead atoms. The summed E-state index contributed by atoms with van der Waals surface area (Å²) < 4.78 is 10.6. The maximum Gasteiger partial charge on any atom is 0.407 e. The highest BCUT2D eigenvalue weighted by molar-refractivity contribution is 5.94. The summed E-state index contributed by atoms with van der Waals surface area (Å²) in [5.74, 6) is 0.477. The zero-order valence-electron chi connectivity index (χ0n) is 19.3. The molecule has 2 fully saturated rings. The van der Waals surface area contributed by atoms with Crippen molar-refractivity contribution in [2.75, 3.05) is 26.3 Å². The van der Waals surface area contributed by atoms with Crippen molar-refractivity contribution in [1.29, 1.82) is 0 Å². The smallest absolute Gasteiger partial charge is 0.407 e. The Morgan fingerprint density at radius 3 is 2.38 bits per heavy atom. The van der Waals surface area contributed by atoms with Gasteiger partial charge < -0.3 is 24.6 Å². The minimum Gasteiger partial charge on any atom is -0.484 e. The van der Waals surface area contributed by atoms with Crippen LogP contribution in [0.4, 0.5) is 4.79 Å². The quantitative estimate of drug-likeness (QED) is 0.726. The Bertz CT molecular complexity index is 787. The highest BCUT2D eigenvalue weighted by Gasteiger charge is 2.29. The number of benzene rings is 1. The molecule has 2 aliphatic heterocycles. The molecule has 0 aliphatic carbocycles. The third-order valence-electron chi connectivity index (χ3n) is 6.25. The second-order valence-electron chi connectivity index (χ2n) is 8.70. The Labute approximate surface area is 190 Å². The van der Waals surface area contributed by atoms with Crippen molar-refractivity contribution in [2.24, 2.45) is 0 Å². The minimum atomic E-state index is -0.448. The maximum atomic E-state index is 12.9. The van der Waals surface area contributed by atoms with Crippen LogP contribution in [0.25, 0.3) is 0 Å². The largest absolute Gasteiger partial charge is 0.484 e. The average Bonchev–Trinajstić information content (AvgIpc) is 2.78. The second-order valence-corrected chi connectivity index (χ2v) is 8.70. The summed E-state index contributed by atoms with van der Waals surface area (Å²) in [6.07, 6.45) is 4.39. The summed E-state index contributed by atoms with van der Waals surface area (Å²) in [6.45, 7) is 7.35. The van der Waals surface area contributed by atoms with Crippen molar-refractivity contribution < 1.29 is 23.9 Å². The van der Waals surface area contributed by atoms with Crippen LogP contribution in [-0.4, -0.2) is 72.1 Å². The predicted octanol–water partition coefficient (Wildman–Crippen LogP) is 3.21. The van der Waals surface area contributed by atoms with E-state index in [1.54, 1.807) is 36.1 Å². The minimum absolute atomic E-state index is 0.00156. The van der Waals surface area contributed by atoms with Crippen molar-refractivity contribution in [1.82, 2.24) is 15.1 Å². The molecular weight excluding hydrogens is 410 g/mol. The number of piperidine rings is 2. The molecule has 3 unspecified atom stereocenters. The fraction of sp³-hybridized carbons (Fsp3) is 0.625. The molecule has 3 amide bonds. The number of likely N-dealkylation sites (tertiary alicyclic amines) is 2. The van der Waals surface area contributed by atoms with E-state index in [9.17, 15) is 14.4 Å². The van der Waals surface area contributed by atoms with Gasteiger partial charge in [-0.1, -0.05) is 0 Å². The first-order valence-corrected chi connectivity index (χ1v) is 11.7. The van der Waals surface area contributed by atoms with E-state index in [1.807, 2.05) is 4.90 Å². The van der Waals surface area contributed by atoms with Gasteiger partial charge in [-0.3, -0.25) is 9.59 Å². The van der Waals surface area contributed by atoms with Gasteiger partial charge in [-0.2, -0.15) is 0 Å². The number of hydrogen-bond donors (Lipinski definition) is 1. The molecule has 2 saturated heterocycles. The van der Waals surface area contributed by atoms with Gasteiger partial charge in [0.15, 0.2) is 6.61 Å². The highest BCUT2D eigenvalue weighted by atomic mass is 16.5. The fourth-order valence-electron chi connectivity index (χ4n) is 4.63. The van der Waals surface area contributed by atoms with Crippen molar-refractivity contribution in [3.05, 3.63) is 29.8 Å². The number of carbonyl (C=O) groups excluding carboxylic acids is 3. The number of alkyl carbamates (subject to hydrolysis) is 1. The van der Waals surface area contributed by atoms with E-state index >= 15 is 0 Å². The lowest BCUT2D eigenvalue weighted by Gasteiger charge is -2.38. The summed E-state index contributed by atoms with van der Waals surface area (Å²) >= 11 is 0. The Morgan fingerprint density at radius 2 is 1.72 bits per heavy atom. The van der Waals surface area contributed by atoms with Crippen LogP contribution in [0.15, 0.2) is 24.3 Å². The Balaban J connectivity index is 1.51. The van der Waals surface area contributed by atoms with Crippen molar-refractivity contribution in [3.63, 3.8) is 0 Å². The standard InChI is InChI=1S/C24H35N3O5/c1-4-31-24(30)25-20-9-6-14-26(15-20)23(29)19-10-12-21(13-11-19)32-16-22(28)27-17(2)7-5-8-18(27)3/h10-13,17-18,20H,4-9,14-16H2,1-3H3,(H,25,30). The number of hydrogen-bond acceptors (Lipinski definition) is 5. The first kappa shape index (κ1) is 23.9. The third-order valence-corrected chi connectivity index (χ3v) is 6.25. The van der Waals surface area contributed by atoms with E-state index < -0.39 is 6.09 Å². The number of nitrogens with one attached hydrogen (secondary N) is 1. The molecular formula is C24H35N3O5. The molecule has 0 spiro atoms. The lowest BCUT2D eigenvalue weighted by Crippen LogP contribution is -2.49. The van der Waals surface area contributed by atoms with Crippen LogP contribution in [0, 0.1) is 0 Å². The van der Waals surface area contributed by atoms with E-state index in [0.29, 0.717) is 31.0 Å². The molecule has 1 N–H and O–H groups in total. The number of rotatable bonds is 6. The molecule has 0 saturated carbocycles. The summed E-state index contributed by atoms with van der Waals surface area (Å²) in [6, 6.07) is 7.25. The maximum absolute atomic E-state index is 12.9. The van der Waals surface area contributed by atoms with Crippen LogP contribution in [-0.2, 0) is 9.53 Å². The molecule has 2 heterocycles. The van der Waals surface area contributed by atoms with Crippen molar-refractivity contribution >= 4 is 17.9 Å². The molecule has 3 atom stereocenters. The Hall–Kier alpha value is -2.77. The lowest BCUT2D eigenvalue weighted by atomic mass is 9.97. The van der Waals surface area contributed by atoms with E-state index in [0.717, 1.165) is 32.1 Å². The van der Waals surface area contributed by atoms with Crippen LogP contribution in [0.2, 0.25) is 0 Å². The van der Waals surface area contributed by atoms with E-state index in [-0.39, 0.29) is 36.5 Å². The molecule has 1 aromatic carbocycles. The topological polar surface area (TPSA) is 88.2 Å². The Kier molecular flexibility index (Phi) is 8.36. The molecule has 0 aromatic heterocycles. The van der Waals surface area contributed by atoms with Gasteiger partial charge in [-0.25, -0.2) is 4.79 Å². The van der Waals surface area contributed by atoms with Crippen LogP contribution < -0.4 is 10.1 Å². The van der Waals surface area contributed by atoms with Crippen LogP contribution >= 0.6 is 0 Å². The van der Waals surface area contributed by atoms with E-state index in [1.165, 1.54) is 0 Å². The summed E-state index contributed by atoms with van der Waals surface area (Å²) in [7, 11) is 0. The van der Waals surface area contributed by atoms with Gasteiger partial charge >= 0.3 is 6.09 Å². The molecule has 1 aromatic rings. The lowest BCUT2D eigenvalue weighted by molar-refractivity contribution is -0.139. The van der Waals surface area contributed by atoms with E-state index in [4.69, 9.17) is 9.47 Å². The molecule has 8 nitrogen and oxygen atoms in total. The number of carbonyl (C=O) groups is 3. The summed E-state index contributed by atoms with van der Waals surface area (Å²) in [5.41, 5.74) is 0.554. The van der Waals surface area contributed by atoms with Gasteiger partial charge in [-0.05, 0) is 77.1 Å². The van der Waals surface area contributed by atoms with Crippen LogP contribution in [0.3, 0.4) is 0 Å². The van der Waals surface area contributed by atoms with Gasteiger partial charge in [0.05, 0.1) is 6.61 Å². The van der Waals surface area contributed by atoms with Crippen molar-refractivity contribution in [3.8, 4) is 5.75 Å². The normalized spacial score (nSPS) is 23.4. The molecule has 8 heteroatoms. The monoisotopic (exact) mass is 445 g/mol. The molecule has 2 aliphatic rings. The zero-order valence-corrected chi connectivity index (χ0v) is 19.3. The summed E-state index contributed by atoms with van der Waals surface area (Å²) in [4.78, 5) is 40.9. The highest BCUT2D eigenvalue weighted by Crippen LogP contribution is 2.23. The first-order valence-electron chi connectivity index (χ1n) is 11.7. The van der Waals surface area contributed by atoms with Gasteiger partial charge in [-0.15, -0.1) is 0 Å². The van der Waals surface area contributed by atoms with Crippen molar-refractivity contribution in [2.45, 2.75) is 71.0 Å². The van der Waals surface area contributed by atoms with Gasteiger partial charge in [0.1, 0.15) is 5.75 Å². The Morgan fingerprint density at radius 1 is 1.03 bits per heavy atom. The first-order chi connectivity index (χ1) is 15.4. The molecule has 3 rings (SSSR count). The number of nitrogens with zero attached hydrogens (tertiary/aromatic N) is 2. The molecule has 32 heavy (non-hydrogen) atoms. The van der Waals surface area contributed by atoms with Crippen LogP contribution in [0.5, 0.6) is 5.75 Å². The number of amides is 3. The predicted molar refractivity (Wildman–Crippen MR) is 121 cm³/mol.